The van der Waals surface area contributed by atoms with Gasteiger partial charge < -0.3 is 4.74 Å². The molecule has 0 saturated heterocycles. The van der Waals surface area contributed by atoms with Gasteiger partial charge in [-0.15, -0.1) is 13.2 Å². The SMILES string of the molecule is CCCCCC1CCC(C2CCC(c3ccc([C@H]4CC[C@H](c5ccc(OC(F)(F)F)cc5)CC4)c(F)c3)CC2)CC1. The Hall–Kier alpha value is -2.04. The van der Waals surface area contributed by atoms with E-state index in [0.717, 1.165) is 54.6 Å². The average Bonchev–Trinajstić information content (AvgIpc) is 2.97. The highest BCUT2D eigenvalue weighted by atomic mass is 19.4. The van der Waals surface area contributed by atoms with Crippen molar-refractivity contribution in [2.75, 3.05) is 0 Å². The third-order valence-electron chi connectivity index (χ3n) is 10.8. The summed E-state index contributed by atoms with van der Waals surface area (Å²) in [5.74, 6) is 3.50. The van der Waals surface area contributed by atoms with E-state index < -0.39 is 6.36 Å². The molecule has 5 heteroatoms. The van der Waals surface area contributed by atoms with Crippen molar-refractivity contribution in [2.24, 2.45) is 17.8 Å². The van der Waals surface area contributed by atoms with Crippen LogP contribution in [0.1, 0.15) is 144 Å². The minimum Gasteiger partial charge on any atom is -0.406 e. The number of halogens is 4. The van der Waals surface area contributed by atoms with Gasteiger partial charge >= 0.3 is 6.36 Å². The van der Waals surface area contributed by atoms with E-state index in [0.29, 0.717) is 11.8 Å². The zero-order valence-corrected chi connectivity index (χ0v) is 24.7. The van der Waals surface area contributed by atoms with Crippen LogP contribution in [0.15, 0.2) is 42.5 Å². The Kier molecular flexibility index (Phi) is 10.4. The highest BCUT2D eigenvalue weighted by Crippen LogP contribution is 2.46. The number of rotatable bonds is 9. The molecule has 0 N–H and O–H groups in total. The lowest BCUT2D eigenvalue weighted by atomic mass is 9.68. The van der Waals surface area contributed by atoms with Crippen LogP contribution in [-0.4, -0.2) is 6.36 Å². The second-order valence-corrected chi connectivity index (χ2v) is 13.3. The fourth-order valence-electron chi connectivity index (χ4n) is 8.36. The zero-order chi connectivity index (χ0) is 28.8. The van der Waals surface area contributed by atoms with E-state index in [9.17, 15) is 13.2 Å². The van der Waals surface area contributed by atoms with Crippen LogP contribution in [0.25, 0.3) is 0 Å². The maximum atomic E-state index is 15.4. The van der Waals surface area contributed by atoms with Gasteiger partial charge in [-0.1, -0.05) is 69.7 Å². The molecule has 0 spiro atoms. The van der Waals surface area contributed by atoms with Crippen LogP contribution >= 0.6 is 0 Å². The van der Waals surface area contributed by atoms with Gasteiger partial charge in [0, 0.05) is 0 Å². The smallest absolute Gasteiger partial charge is 0.406 e. The zero-order valence-electron chi connectivity index (χ0n) is 24.7. The maximum Gasteiger partial charge on any atom is 0.573 e. The highest BCUT2D eigenvalue weighted by molar-refractivity contribution is 5.32. The Morgan fingerprint density at radius 3 is 1.78 bits per heavy atom. The lowest BCUT2D eigenvalue weighted by molar-refractivity contribution is -0.274. The molecule has 3 saturated carbocycles. The first-order valence-corrected chi connectivity index (χ1v) is 16.4. The van der Waals surface area contributed by atoms with E-state index in [1.807, 2.05) is 12.1 Å². The van der Waals surface area contributed by atoms with Crippen molar-refractivity contribution in [1.29, 1.82) is 0 Å². The van der Waals surface area contributed by atoms with Crippen LogP contribution in [-0.2, 0) is 0 Å². The van der Waals surface area contributed by atoms with E-state index in [1.165, 1.54) is 94.7 Å². The molecule has 0 unspecified atom stereocenters. The summed E-state index contributed by atoms with van der Waals surface area (Å²) >= 11 is 0. The Morgan fingerprint density at radius 2 is 1.20 bits per heavy atom. The predicted octanol–water partition coefficient (Wildman–Crippen LogP) is 11.8. The van der Waals surface area contributed by atoms with Crippen molar-refractivity contribution in [3.63, 3.8) is 0 Å². The fraction of sp³-hybridized carbons (Fsp3) is 0.667. The number of benzene rings is 2. The highest BCUT2D eigenvalue weighted by Gasteiger charge is 2.33. The summed E-state index contributed by atoms with van der Waals surface area (Å²) in [5.41, 5.74) is 3.05. The summed E-state index contributed by atoms with van der Waals surface area (Å²) < 4.78 is 56.7. The van der Waals surface area contributed by atoms with Crippen molar-refractivity contribution in [3.8, 4) is 5.75 Å². The van der Waals surface area contributed by atoms with Crippen LogP contribution in [0.4, 0.5) is 17.6 Å². The van der Waals surface area contributed by atoms with Gasteiger partial charge in [0.2, 0.25) is 0 Å². The summed E-state index contributed by atoms with van der Waals surface area (Å²) in [6.45, 7) is 2.29. The third-order valence-corrected chi connectivity index (χ3v) is 10.8. The van der Waals surface area contributed by atoms with Crippen molar-refractivity contribution in [2.45, 2.75) is 134 Å². The Balaban J connectivity index is 1.07. The summed E-state index contributed by atoms with van der Waals surface area (Å²) in [5, 5.41) is 0. The van der Waals surface area contributed by atoms with Crippen molar-refractivity contribution in [1.82, 2.24) is 0 Å². The van der Waals surface area contributed by atoms with Crippen LogP contribution < -0.4 is 4.74 Å². The van der Waals surface area contributed by atoms with Gasteiger partial charge in [0.05, 0.1) is 0 Å². The van der Waals surface area contributed by atoms with Crippen molar-refractivity contribution >= 4 is 0 Å². The van der Waals surface area contributed by atoms with Crippen molar-refractivity contribution < 1.29 is 22.3 Å². The first-order chi connectivity index (χ1) is 19.8. The minimum absolute atomic E-state index is 0.0527. The molecule has 5 rings (SSSR count). The molecule has 0 aliphatic heterocycles. The molecule has 1 nitrogen and oxygen atoms in total. The van der Waals surface area contributed by atoms with E-state index in [1.54, 1.807) is 12.1 Å². The number of unbranched alkanes of at least 4 members (excludes halogenated alkanes) is 2. The van der Waals surface area contributed by atoms with Crippen LogP contribution in [0.2, 0.25) is 0 Å². The quantitative estimate of drug-likeness (QED) is 0.214. The molecule has 0 atom stereocenters. The Bertz CT molecular complexity index is 1070. The molecular formula is C36H48F4O. The summed E-state index contributed by atoms with van der Waals surface area (Å²) in [6.07, 6.45) is 15.2. The number of alkyl halides is 3. The van der Waals surface area contributed by atoms with Gasteiger partial charge in [-0.05, 0) is 135 Å². The number of hydrogen-bond acceptors (Lipinski definition) is 1. The molecular weight excluding hydrogens is 524 g/mol. The molecule has 0 bridgehead atoms. The third kappa shape index (κ3) is 8.29. The van der Waals surface area contributed by atoms with E-state index in [2.05, 4.69) is 17.7 Å². The molecule has 0 heterocycles. The van der Waals surface area contributed by atoms with E-state index in [-0.39, 0.29) is 17.5 Å². The van der Waals surface area contributed by atoms with Gasteiger partial charge in [-0.2, -0.15) is 0 Å². The maximum absolute atomic E-state index is 15.4. The van der Waals surface area contributed by atoms with Crippen LogP contribution in [0.5, 0.6) is 5.75 Å². The van der Waals surface area contributed by atoms with Gasteiger partial charge in [0.25, 0.3) is 0 Å². The first kappa shape index (κ1) is 30.4. The lowest BCUT2D eigenvalue weighted by Crippen LogP contribution is -2.25. The second-order valence-electron chi connectivity index (χ2n) is 13.3. The molecule has 2 aromatic carbocycles. The molecule has 3 fully saturated rings. The lowest BCUT2D eigenvalue weighted by Gasteiger charge is -2.38. The molecule has 3 aliphatic rings. The number of ether oxygens (including phenoxy) is 1. The van der Waals surface area contributed by atoms with Gasteiger partial charge in [0.15, 0.2) is 0 Å². The molecule has 226 valence electrons. The molecule has 0 aromatic heterocycles. The molecule has 3 aliphatic carbocycles. The molecule has 0 amide bonds. The Morgan fingerprint density at radius 1 is 0.659 bits per heavy atom. The van der Waals surface area contributed by atoms with E-state index in [4.69, 9.17) is 0 Å². The minimum atomic E-state index is -4.68. The Labute approximate surface area is 244 Å². The van der Waals surface area contributed by atoms with E-state index >= 15 is 4.39 Å². The fourth-order valence-corrected chi connectivity index (χ4v) is 8.36. The normalized spacial score (nSPS) is 29.3. The predicted molar refractivity (Wildman–Crippen MR) is 158 cm³/mol. The summed E-state index contributed by atoms with van der Waals surface area (Å²) in [4.78, 5) is 0. The van der Waals surface area contributed by atoms with Crippen LogP contribution in [0, 0.1) is 23.6 Å². The monoisotopic (exact) mass is 572 g/mol. The molecule has 41 heavy (non-hydrogen) atoms. The largest absolute Gasteiger partial charge is 0.573 e. The van der Waals surface area contributed by atoms with Gasteiger partial charge in [-0.3, -0.25) is 0 Å². The number of hydrogen-bond donors (Lipinski definition) is 0. The topological polar surface area (TPSA) is 9.23 Å². The summed E-state index contributed by atoms with van der Waals surface area (Å²) in [6, 6.07) is 12.3. The van der Waals surface area contributed by atoms with Gasteiger partial charge in [0.1, 0.15) is 11.6 Å². The van der Waals surface area contributed by atoms with Crippen LogP contribution in [0.3, 0.4) is 0 Å². The van der Waals surface area contributed by atoms with Crippen molar-refractivity contribution in [3.05, 3.63) is 65.0 Å². The molecule has 0 radical (unpaired) electrons. The second kappa shape index (κ2) is 14.0. The average molecular weight is 573 g/mol. The standard InChI is InChI=1S/C36H48F4O/c1-2-3-4-5-25-6-8-26(9-7-25)27-10-12-30(13-11-27)32-20-23-34(35(37)24-32)31-16-14-28(15-17-31)29-18-21-33(22-19-29)41-36(38,39)40/h18-28,30-31H,2-17H2,1H3/t25?,26?,27?,28-,30?,31-. The first-order valence-electron chi connectivity index (χ1n) is 16.4. The summed E-state index contributed by atoms with van der Waals surface area (Å²) in [7, 11) is 0. The van der Waals surface area contributed by atoms with Gasteiger partial charge in [-0.25, -0.2) is 4.39 Å². The molecule has 2 aromatic rings.